The minimum Gasteiger partial charge on any atom is -0.333 e. The van der Waals surface area contributed by atoms with Crippen molar-refractivity contribution in [1.82, 2.24) is 9.80 Å². The maximum atomic E-state index is 13.0. The molecule has 2 amide bonds. The molecule has 1 aromatic rings. The lowest BCUT2D eigenvalue weighted by Gasteiger charge is -2.33. The molecule has 1 heterocycles. The van der Waals surface area contributed by atoms with Crippen LogP contribution in [0.2, 0.25) is 5.02 Å². The average molecular weight is 363 g/mol. The summed E-state index contributed by atoms with van der Waals surface area (Å²) in [6, 6.07) is 8.01. The third-order valence-corrected chi connectivity index (χ3v) is 5.50. The van der Waals surface area contributed by atoms with Crippen molar-refractivity contribution in [3.8, 4) is 0 Å². The molecule has 1 aliphatic heterocycles. The molecule has 3 rings (SSSR count). The highest BCUT2D eigenvalue weighted by atomic mass is 35.5. The van der Waals surface area contributed by atoms with Crippen LogP contribution >= 0.6 is 11.6 Å². The first-order valence-corrected chi connectivity index (χ1v) is 9.78. The van der Waals surface area contributed by atoms with Gasteiger partial charge in [0.25, 0.3) is 0 Å². The summed E-state index contributed by atoms with van der Waals surface area (Å²) >= 11 is 5.98. The van der Waals surface area contributed by atoms with Crippen LogP contribution in [0.3, 0.4) is 0 Å². The molecule has 0 bridgehead atoms. The summed E-state index contributed by atoms with van der Waals surface area (Å²) in [5.41, 5.74) is 1.09. The first kappa shape index (κ1) is 18.2. The van der Waals surface area contributed by atoms with Crippen molar-refractivity contribution in [3.63, 3.8) is 0 Å². The van der Waals surface area contributed by atoms with E-state index in [1.807, 2.05) is 29.2 Å². The van der Waals surface area contributed by atoms with Gasteiger partial charge in [0.1, 0.15) is 0 Å². The maximum Gasteiger partial charge on any atom is 0.242 e. The van der Waals surface area contributed by atoms with Crippen LogP contribution in [0.4, 0.5) is 0 Å². The molecule has 2 fully saturated rings. The quantitative estimate of drug-likeness (QED) is 0.788. The lowest BCUT2D eigenvalue weighted by Crippen LogP contribution is -2.45. The first-order valence-electron chi connectivity index (χ1n) is 9.40. The summed E-state index contributed by atoms with van der Waals surface area (Å²) in [5.74, 6) is 0.196. The van der Waals surface area contributed by atoms with Gasteiger partial charge in [0.15, 0.2) is 0 Å². The number of halogens is 1. The molecule has 1 aromatic carbocycles. The number of hydrogen-bond acceptors (Lipinski definition) is 2. The molecule has 25 heavy (non-hydrogen) atoms. The Labute approximate surface area is 155 Å². The Morgan fingerprint density at radius 1 is 1.20 bits per heavy atom. The molecule has 1 saturated carbocycles. The Morgan fingerprint density at radius 3 is 2.56 bits per heavy atom. The molecule has 2 aliphatic rings. The van der Waals surface area contributed by atoms with Crippen molar-refractivity contribution in [1.29, 1.82) is 0 Å². The van der Waals surface area contributed by atoms with Crippen molar-refractivity contribution in [2.24, 2.45) is 0 Å². The third-order valence-electron chi connectivity index (χ3n) is 5.25. The molecule has 0 N–H and O–H groups in total. The summed E-state index contributed by atoms with van der Waals surface area (Å²) in [5, 5.41) is 0.700. The second-order valence-corrected chi connectivity index (χ2v) is 7.68. The molecule has 136 valence electrons. The van der Waals surface area contributed by atoms with Gasteiger partial charge in [-0.2, -0.15) is 0 Å². The molecule has 1 unspecified atom stereocenters. The van der Waals surface area contributed by atoms with Crippen LogP contribution in [0.25, 0.3) is 0 Å². The van der Waals surface area contributed by atoms with E-state index in [1.165, 1.54) is 0 Å². The van der Waals surface area contributed by atoms with E-state index in [1.54, 1.807) is 4.90 Å². The number of rotatable bonds is 5. The summed E-state index contributed by atoms with van der Waals surface area (Å²) < 4.78 is 0. The molecule has 1 saturated heterocycles. The van der Waals surface area contributed by atoms with Gasteiger partial charge >= 0.3 is 0 Å². The average Bonchev–Trinajstić information content (AvgIpc) is 3.40. The highest BCUT2D eigenvalue weighted by Crippen LogP contribution is 2.35. The van der Waals surface area contributed by atoms with Gasteiger partial charge in [-0.15, -0.1) is 0 Å². The van der Waals surface area contributed by atoms with Crippen LogP contribution < -0.4 is 0 Å². The predicted octanol–water partition coefficient (Wildman–Crippen LogP) is 4.18. The van der Waals surface area contributed by atoms with E-state index in [0.29, 0.717) is 24.0 Å². The van der Waals surface area contributed by atoms with Gasteiger partial charge in [-0.25, -0.2) is 0 Å². The molecule has 0 spiro atoms. The molecule has 1 atom stereocenters. The van der Waals surface area contributed by atoms with E-state index in [9.17, 15) is 9.59 Å². The third kappa shape index (κ3) is 4.75. The summed E-state index contributed by atoms with van der Waals surface area (Å²) in [7, 11) is 0. The fourth-order valence-electron chi connectivity index (χ4n) is 3.62. The zero-order valence-electron chi connectivity index (χ0n) is 14.9. The highest BCUT2D eigenvalue weighted by Gasteiger charge is 2.37. The zero-order chi connectivity index (χ0) is 17.8. The molecule has 5 heteroatoms. The monoisotopic (exact) mass is 362 g/mol. The Bertz CT molecular complexity index is 613. The number of hydrogen-bond donors (Lipinski definition) is 0. The Kier molecular flexibility index (Phi) is 6.00. The molecule has 0 aromatic heterocycles. The SMILES string of the molecule is CC(c1ccc(Cl)cc1)N(C(=O)CN1CCCCCCC1=O)C1CC1. The summed E-state index contributed by atoms with van der Waals surface area (Å²) in [4.78, 5) is 29.1. The van der Waals surface area contributed by atoms with Crippen LogP contribution in [-0.2, 0) is 9.59 Å². The van der Waals surface area contributed by atoms with Crippen molar-refractivity contribution in [2.75, 3.05) is 13.1 Å². The van der Waals surface area contributed by atoms with Crippen molar-refractivity contribution in [2.45, 2.75) is 64.0 Å². The maximum absolute atomic E-state index is 13.0. The minimum atomic E-state index is 0.00197. The van der Waals surface area contributed by atoms with E-state index in [4.69, 9.17) is 11.6 Å². The Morgan fingerprint density at radius 2 is 1.88 bits per heavy atom. The van der Waals surface area contributed by atoms with Gasteiger partial charge in [-0.3, -0.25) is 9.59 Å². The number of likely N-dealkylation sites (tertiary alicyclic amines) is 1. The highest BCUT2D eigenvalue weighted by molar-refractivity contribution is 6.30. The molecular formula is C20H27ClN2O2. The van der Waals surface area contributed by atoms with Crippen molar-refractivity contribution in [3.05, 3.63) is 34.9 Å². The van der Waals surface area contributed by atoms with Crippen molar-refractivity contribution < 1.29 is 9.59 Å². The lowest BCUT2D eigenvalue weighted by atomic mass is 10.1. The van der Waals surface area contributed by atoms with Crippen LogP contribution in [0.1, 0.15) is 63.5 Å². The predicted molar refractivity (Wildman–Crippen MR) is 99.4 cm³/mol. The fraction of sp³-hybridized carbons (Fsp3) is 0.600. The number of carbonyl (C=O) groups is 2. The topological polar surface area (TPSA) is 40.6 Å². The van der Waals surface area contributed by atoms with Gasteiger partial charge in [0, 0.05) is 24.0 Å². The first-order chi connectivity index (χ1) is 12.1. The van der Waals surface area contributed by atoms with Crippen LogP contribution in [-0.4, -0.2) is 40.7 Å². The van der Waals surface area contributed by atoms with E-state index >= 15 is 0 Å². The molecule has 1 aliphatic carbocycles. The second kappa shape index (κ2) is 8.22. The number of carbonyl (C=O) groups excluding carboxylic acids is 2. The van der Waals surface area contributed by atoms with Crippen LogP contribution in [0, 0.1) is 0 Å². The lowest BCUT2D eigenvalue weighted by molar-refractivity contribution is -0.142. The van der Waals surface area contributed by atoms with Gasteiger partial charge in [0.05, 0.1) is 12.6 Å². The van der Waals surface area contributed by atoms with Gasteiger partial charge in [0.2, 0.25) is 11.8 Å². The van der Waals surface area contributed by atoms with Crippen LogP contribution in [0.5, 0.6) is 0 Å². The molecule has 4 nitrogen and oxygen atoms in total. The fourth-order valence-corrected chi connectivity index (χ4v) is 3.74. The Hall–Kier alpha value is -1.55. The van der Waals surface area contributed by atoms with Crippen molar-refractivity contribution >= 4 is 23.4 Å². The molecule has 0 radical (unpaired) electrons. The van der Waals surface area contributed by atoms with E-state index in [-0.39, 0.29) is 24.4 Å². The standard InChI is InChI=1S/C20H27ClN2O2/c1-15(16-7-9-17(21)10-8-16)23(18-11-12-18)20(25)14-22-13-5-3-2-4-6-19(22)24/h7-10,15,18H,2-6,11-14H2,1H3. The normalized spacial score (nSPS) is 19.9. The van der Waals surface area contributed by atoms with E-state index < -0.39 is 0 Å². The number of nitrogens with zero attached hydrogens (tertiary/aromatic N) is 2. The molecular weight excluding hydrogens is 336 g/mol. The second-order valence-electron chi connectivity index (χ2n) is 7.24. The summed E-state index contributed by atoms with van der Waals surface area (Å²) in [6.07, 6.45) is 6.88. The number of amides is 2. The van der Waals surface area contributed by atoms with E-state index in [2.05, 4.69) is 6.92 Å². The Balaban J connectivity index is 1.70. The van der Waals surface area contributed by atoms with Gasteiger partial charge in [-0.05, 0) is 50.3 Å². The summed E-state index contributed by atoms with van der Waals surface area (Å²) in [6.45, 7) is 2.99. The van der Waals surface area contributed by atoms with E-state index in [0.717, 1.165) is 44.1 Å². The van der Waals surface area contributed by atoms with Crippen LogP contribution in [0.15, 0.2) is 24.3 Å². The largest absolute Gasteiger partial charge is 0.333 e. The van der Waals surface area contributed by atoms with Gasteiger partial charge < -0.3 is 9.80 Å². The van der Waals surface area contributed by atoms with Gasteiger partial charge in [-0.1, -0.05) is 36.6 Å². The number of benzene rings is 1. The smallest absolute Gasteiger partial charge is 0.242 e. The zero-order valence-corrected chi connectivity index (χ0v) is 15.7. The minimum absolute atomic E-state index is 0.00197.